The molecule has 2 rings (SSSR count). The van der Waals surface area contributed by atoms with Gasteiger partial charge in [-0.1, -0.05) is 0 Å². The summed E-state index contributed by atoms with van der Waals surface area (Å²) in [5.41, 5.74) is -0.284. The number of carbonyl (C=O) groups is 1. The molecule has 2 aromatic rings. The largest absolute Gasteiger partial charge is 0.301 e. The molecular formula is C10H7N3O4. The predicted molar refractivity (Wildman–Crippen MR) is 58.7 cm³/mol. The van der Waals surface area contributed by atoms with Gasteiger partial charge >= 0.3 is 0 Å². The Labute approximate surface area is 94.5 Å². The van der Waals surface area contributed by atoms with Crippen LogP contribution in [-0.4, -0.2) is 20.8 Å². The zero-order chi connectivity index (χ0) is 12.4. The monoisotopic (exact) mass is 233 g/mol. The molecule has 86 valence electrons. The van der Waals surface area contributed by atoms with Crippen LogP contribution in [-0.2, 0) is 11.3 Å². The van der Waals surface area contributed by atoms with Gasteiger partial charge in [0.1, 0.15) is 6.29 Å². The molecule has 0 aliphatic heterocycles. The Kier molecular flexibility index (Phi) is 2.65. The van der Waals surface area contributed by atoms with E-state index in [-0.39, 0.29) is 17.6 Å². The summed E-state index contributed by atoms with van der Waals surface area (Å²) in [7, 11) is 0. The van der Waals surface area contributed by atoms with E-state index in [0.717, 1.165) is 10.6 Å². The highest BCUT2D eigenvalue weighted by Crippen LogP contribution is 2.15. The van der Waals surface area contributed by atoms with Crippen LogP contribution in [0.15, 0.2) is 29.3 Å². The second kappa shape index (κ2) is 4.12. The van der Waals surface area contributed by atoms with Crippen molar-refractivity contribution in [2.75, 3.05) is 0 Å². The molecule has 0 fully saturated rings. The van der Waals surface area contributed by atoms with Crippen LogP contribution in [0.25, 0.3) is 10.9 Å². The summed E-state index contributed by atoms with van der Waals surface area (Å²) in [5, 5.41) is 10.7. The number of aldehydes is 1. The van der Waals surface area contributed by atoms with Gasteiger partial charge in [-0.3, -0.25) is 19.5 Å². The highest BCUT2D eigenvalue weighted by Gasteiger charge is 2.10. The molecule has 1 aromatic heterocycles. The lowest BCUT2D eigenvalue weighted by Gasteiger charge is -2.01. The van der Waals surface area contributed by atoms with E-state index in [2.05, 4.69) is 4.98 Å². The lowest BCUT2D eigenvalue weighted by Crippen LogP contribution is -2.21. The molecule has 0 atom stereocenters. The van der Waals surface area contributed by atoms with E-state index in [4.69, 9.17) is 0 Å². The molecule has 0 N–H and O–H groups in total. The standard InChI is InChI=1S/C10H7N3O4/c14-4-3-12-6-11-9-2-1-7(13(16)17)5-8(9)10(12)15/h1-2,4-6H,3H2. The van der Waals surface area contributed by atoms with Gasteiger partial charge in [-0.05, 0) is 6.07 Å². The van der Waals surface area contributed by atoms with Crippen LogP contribution in [0, 0.1) is 10.1 Å². The van der Waals surface area contributed by atoms with Gasteiger partial charge in [-0.15, -0.1) is 0 Å². The Balaban J connectivity index is 2.73. The maximum Gasteiger partial charge on any atom is 0.270 e. The number of benzene rings is 1. The number of hydrogen-bond acceptors (Lipinski definition) is 5. The molecule has 1 aromatic carbocycles. The second-order valence-corrected chi connectivity index (χ2v) is 3.33. The van der Waals surface area contributed by atoms with E-state index < -0.39 is 10.5 Å². The zero-order valence-electron chi connectivity index (χ0n) is 8.57. The molecule has 0 saturated carbocycles. The van der Waals surface area contributed by atoms with Crippen LogP contribution in [0.3, 0.4) is 0 Å². The van der Waals surface area contributed by atoms with Gasteiger partial charge in [0.05, 0.1) is 28.7 Å². The number of hydrogen-bond donors (Lipinski definition) is 0. The van der Waals surface area contributed by atoms with Crippen molar-refractivity contribution in [1.82, 2.24) is 9.55 Å². The summed E-state index contributed by atoms with van der Waals surface area (Å²) >= 11 is 0. The zero-order valence-corrected chi connectivity index (χ0v) is 8.57. The number of carbonyl (C=O) groups excluding carboxylic acids is 1. The molecule has 0 spiro atoms. The molecule has 0 amide bonds. The number of non-ortho nitro benzene ring substituents is 1. The molecule has 0 radical (unpaired) electrons. The third-order valence-corrected chi connectivity index (χ3v) is 2.29. The van der Waals surface area contributed by atoms with Crippen LogP contribution in [0.4, 0.5) is 5.69 Å². The average Bonchev–Trinajstić information content (AvgIpc) is 2.32. The first-order chi connectivity index (χ1) is 8.13. The molecule has 0 saturated heterocycles. The van der Waals surface area contributed by atoms with Gasteiger partial charge in [0.15, 0.2) is 0 Å². The lowest BCUT2D eigenvalue weighted by molar-refractivity contribution is -0.384. The van der Waals surface area contributed by atoms with Crippen molar-refractivity contribution in [3.8, 4) is 0 Å². The third kappa shape index (κ3) is 1.89. The van der Waals surface area contributed by atoms with E-state index in [1.165, 1.54) is 18.5 Å². The van der Waals surface area contributed by atoms with Gasteiger partial charge in [-0.25, -0.2) is 4.98 Å². The Hall–Kier alpha value is -2.57. The third-order valence-electron chi connectivity index (χ3n) is 2.29. The number of nitro groups is 1. The summed E-state index contributed by atoms with van der Waals surface area (Å²) < 4.78 is 1.10. The van der Waals surface area contributed by atoms with E-state index >= 15 is 0 Å². The fourth-order valence-electron chi connectivity index (χ4n) is 1.47. The van der Waals surface area contributed by atoms with Crippen LogP contribution in [0.2, 0.25) is 0 Å². The Bertz CT molecular complexity index is 662. The van der Waals surface area contributed by atoms with Crippen LogP contribution >= 0.6 is 0 Å². The normalized spacial score (nSPS) is 10.4. The summed E-state index contributed by atoms with van der Waals surface area (Å²) in [6.45, 7) is -0.121. The Morgan fingerprint density at radius 1 is 1.47 bits per heavy atom. The Morgan fingerprint density at radius 3 is 2.88 bits per heavy atom. The van der Waals surface area contributed by atoms with Crippen LogP contribution in [0.5, 0.6) is 0 Å². The minimum Gasteiger partial charge on any atom is -0.301 e. The molecule has 7 nitrogen and oxygen atoms in total. The molecular weight excluding hydrogens is 226 g/mol. The van der Waals surface area contributed by atoms with E-state index in [0.29, 0.717) is 11.8 Å². The summed E-state index contributed by atoms with van der Waals surface area (Å²) in [6.07, 6.45) is 1.80. The number of fused-ring (bicyclic) bond motifs is 1. The van der Waals surface area contributed by atoms with Crippen LogP contribution < -0.4 is 5.56 Å². The summed E-state index contributed by atoms with van der Waals surface area (Å²) in [4.78, 5) is 36.1. The quantitative estimate of drug-likeness (QED) is 0.437. The van der Waals surface area contributed by atoms with Crippen molar-refractivity contribution in [3.05, 3.63) is 45.0 Å². The second-order valence-electron chi connectivity index (χ2n) is 3.33. The molecule has 0 unspecified atom stereocenters. The van der Waals surface area contributed by atoms with Crippen molar-refractivity contribution < 1.29 is 9.72 Å². The topological polar surface area (TPSA) is 95.1 Å². The predicted octanol–water partition coefficient (Wildman–Crippen LogP) is 0.504. The van der Waals surface area contributed by atoms with Gasteiger partial charge in [-0.2, -0.15) is 0 Å². The maximum atomic E-state index is 11.8. The first-order valence-electron chi connectivity index (χ1n) is 4.70. The fraction of sp³-hybridized carbons (Fsp3) is 0.100. The van der Waals surface area contributed by atoms with Gasteiger partial charge in [0.2, 0.25) is 0 Å². The Morgan fingerprint density at radius 2 is 2.24 bits per heavy atom. The van der Waals surface area contributed by atoms with E-state index in [9.17, 15) is 19.7 Å². The molecule has 1 heterocycles. The lowest BCUT2D eigenvalue weighted by atomic mass is 10.2. The molecule has 0 bridgehead atoms. The number of rotatable bonds is 3. The van der Waals surface area contributed by atoms with Gasteiger partial charge < -0.3 is 4.79 Å². The fourth-order valence-corrected chi connectivity index (χ4v) is 1.47. The first kappa shape index (κ1) is 10.9. The smallest absolute Gasteiger partial charge is 0.270 e. The minimum absolute atomic E-state index is 0.121. The maximum absolute atomic E-state index is 11.8. The summed E-state index contributed by atoms with van der Waals surface area (Å²) in [5.74, 6) is 0. The summed E-state index contributed by atoms with van der Waals surface area (Å²) in [6, 6.07) is 3.84. The van der Waals surface area contributed by atoms with Gasteiger partial charge in [0.25, 0.3) is 11.2 Å². The average molecular weight is 233 g/mol. The van der Waals surface area contributed by atoms with Gasteiger partial charge in [0, 0.05) is 12.1 Å². The number of aromatic nitrogens is 2. The van der Waals surface area contributed by atoms with Crippen molar-refractivity contribution >= 4 is 22.9 Å². The van der Waals surface area contributed by atoms with Crippen molar-refractivity contribution in [3.63, 3.8) is 0 Å². The molecule has 0 aliphatic carbocycles. The molecule has 17 heavy (non-hydrogen) atoms. The number of nitro benzene ring substituents is 1. The van der Waals surface area contributed by atoms with Crippen LogP contribution in [0.1, 0.15) is 0 Å². The highest BCUT2D eigenvalue weighted by molar-refractivity contribution is 5.79. The van der Waals surface area contributed by atoms with Crippen molar-refractivity contribution in [2.24, 2.45) is 0 Å². The molecule has 7 heteroatoms. The van der Waals surface area contributed by atoms with Crippen molar-refractivity contribution in [1.29, 1.82) is 0 Å². The van der Waals surface area contributed by atoms with E-state index in [1.54, 1.807) is 0 Å². The molecule has 0 aliphatic rings. The SMILES string of the molecule is O=CCn1cnc2ccc([N+](=O)[O-])cc2c1=O. The minimum atomic E-state index is -0.587. The first-order valence-corrected chi connectivity index (χ1v) is 4.70. The highest BCUT2D eigenvalue weighted by atomic mass is 16.6. The van der Waals surface area contributed by atoms with Crippen molar-refractivity contribution in [2.45, 2.75) is 6.54 Å². The number of nitrogens with zero attached hydrogens (tertiary/aromatic N) is 3. The van der Waals surface area contributed by atoms with E-state index in [1.807, 2.05) is 0 Å².